The lowest BCUT2D eigenvalue weighted by molar-refractivity contribution is -0.137. The number of nitrogens with zero attached hydrogens (tertiary/aromatic N) is 2. The molecule has 8 nitrogen and oxygen atoms in total. The Labute approximate surface area is 264 Å². The van der Waals surface area contributed by atoms with Gasteiger partial charge in [-0.1, -0.05) is 13.8 Å². The van der Waals surface area contributed by atoms with Crippen LogP contribution < -0.4 is 0 Å². The second-order valence-corrected chi connectivity index (χ2v) is 11.8. The van der Waals surface area contributed by atoms with Crippen molar-refractivity contribution >= 4 is 56.3 Å². The Morgan fingerprint density at radius 3 is 1.93 bits per heavy atom. The number of allylic oxidation sites excluding steroid dienone is 4. The highest BCUT2D eigenvalue weighted by Crippen LogP contribution is 2.44. The van der Waals surface area contributed by atoms with E-state index in [-0.39, 0.29) is 36.9 Å². The highest BCUT2D eigenvalue weighted by Gasteiger charge is 2.39. The van der Waals surface area contributed by atoms with Gasteiger partial charge in [-0.2, -0.15) is 13.2 Å². The molecule has 5 heterocycles. The number of rotatable bonds is 8. The topological polar surface area (TPSA) is 132 Å². The lowest BCUT2D eigenvalue weighted by Crippen LogP contribution is -2.10. The first-order valence-corrected chi connectivity index (χ1v) is 15.3. The van der Waals surface area contributed by atoms with E-state index in [1.54, 1.807) is 26.0 Å². The standard InChI is InChI=1S/C35H37F3N4O4/c1-7-20-19(6)33-32(35(36,37)38)34-21(8-2)16(3)26(41-34)13-24-17(4)22(9-11-30(43)44)28(39-24)15-29-23(10-12-31(45)46)18(5)25(40-29)14-27(20)42-33/h13-15,40,42H,7-12H2,1-6H3,(H,43,44)(H,45,46). The Morgan fingerprint density at radius 2 is 1.33 bits per heavy atom. The predicted molar refractivity (Wildman–Crippen MR) is 173 cm³/mol. The zero-order valence-corrected chi connectivity index (χ0v) is 26.7. The molecule has 46 heavy (non-hydrogen) atoms. The summed E-state index contributed by atoms with van der Waals surface area (Å²) in [6.45, 7) is 10.8. The van der Waals surface area contributed by atoms with E-state index in [0.717, 1.165) is 16.7 Å². The number of aliphatic carboxylic acids is 2. The third-order valence-corrected chi connectivity index (χ3v) is 9.10. The van der Waals surface area contributed by atoms with Crippen molar-refractivity contribution in [1.29, 1.82) is 0 Å². The van der Waals surface area contributed by atoms with Gasteiger partial charge in [-0.05, 0) is 116 Å². The summed E-state index contributed by atoms with van der Waals surface area (Å²) >= 11 is 0. The fourth-order valence-corrected chi connectivity index (χ4v) is 6.61. The average Bonchev–Trinajstić information content (AvgIpc) is 3.63. The van der Waals surface area contributed by atoms with Crippen LogP contribution in [-0.4, -0.2) is 42.1 Å². The molecule has 0 unspecified atom stereocenters. The minimum Gasteiger partial charge on any atom is -0.481 e. The maximum absolute atomic E-state index is 15.1. The van der Waals surface area contributed by atoms with Gasteiger partial charge in [-0.3, -0.25) is 9.59 Å². The Balaban J connectivity index is 2.03. The summed E-state index contributed by atoms with van der Waals surface area (Å²) in [6, 6.07) is 5.25. The SMILES string of the molecule is CCC1=C(C)c2cc3nc(cc4[nH]c(cc5[nH]c(c(C)c5CC)c(C(F)(F)F)c1n2)c(C)c4CCC(=O)O)C(CCC(=O)O)=C3C. The first-order valence-electron chi connectivity index (χ1n) is 15.3. The molecule has 0 saturated heterocycles. The van der Waals surface area contributed by atoms with Crippen molar-refractivity contribution in [2.24, 2.45) is 0 Å². The molecule has 0 atom stereocenters. The minimum absolute atomic E-state index is 0.0376. The van der Waals surface area contributed by atoms with Gasteiger partial charge in [0.15, 0.2) is 0 Å². The average molecular weight is 635 g/mol. The zero-order chi connectivity index (χ0) is 33.7. The van der Waals surface area contributed by atoms with Gasteiger partial charge in [0.1, 0.15) is 5.56 Å². The Kier molecular flexibility index (Phi) is 8.72. The first kappa shape index (κ1) is 32.7. The molecule has 8 bridgehead atoms. The molecule has 0 amide bonds. The molecule has 0 radical (unpaired) electrons. The van der Waals surface area contributed by atoms with Crippen molar-refractivity contribution in [3.05, 3.63) is 68.8 Å². The van der Waals surface area contributed by atoms with Crippen LogP contribution in [0.5, 0.6) is 0 Å². The molecule has 0 fully saturated rings. The number of aryl methyl sites for hydroxylation is 4. The number of carboxylic acid groups (broad SMARTS) is 2. The smallest absolute Gasteiger partial charge is 0.420 e. The van der Waals surface area contributed by atoms with Gasteiger partial charge >= 0.3 is 18.1 Å². The number of carbonyl (C=O) groups is 2. The van der Waals surface area contributed by atoms with E-state index < -0.39 is 23.7 Å². The summed E-state index contributed by atoms with van der Waals surface area (Å²) in [4.78, 5) is 39.0. The number of hydrogen-bond donors (Lipinski definition) is 4. The van der Waals surface area contributed by atoms with Crippen LogP contribution >= 0.6 is 0 Å². The van der Waals surface area contributed by atoms with Gasteiger partial charge in [0.05, 0.1) is 28.3 Å². The zero-order valence-electron chi connectivity index (χ0n) is 26.7. The summed E-state index contributed by atoms with van der Waals surface area (Å²) in [5.74, 6) is -1.94. The number of aromatic amines is 2. The number of aromatic nitrogens is 4. The van der Waals surface area contributed by atoms with Crippen LogP contribution in [0.4, 0.5) is 13.2 Å². The molecule has 2 aliphatic heterocycles. The molecule has 11 heteroatoms. The van der Waals surface area contributed by atoms with Crippen LogP contribution in [-0.2, 0) is 28.6 Å². The van der Waals surface area contributed by atoms with Crippen molar-refractivity contribution in [3.63, 3.8) is 0 Å². The second-order valence-electron chi connectivity index (χ2n) is 11.8. The lowest BCUT2D eigenvalue weighted by atomic mass is 9.98. The van der Waals surface area contributed by atoms with Gasteiger partial charge in [0.25, 0.3) is 0 Å². The minimum atomic E-state index is -4.72. The maximum atomic E-state index is 15.1. The number of hydrogen-bond acceptors (Lipinski definition) is 4. The molecule has 0 saturated carbocycles. The highest BCUT2D eigenvalue weighted by molar-refractivity contribution is 5.97. The number of halogens is 3. The quantitative estimate of drug-likeness (QED) is 0.196. The van der Waals surface area contributed by atoms with Gasteiger partial charge in [-0.15, -0.1) is 0 Å². The summed E-state index contributed by atoms with van der Waals surface area (Å²) in [5, 5.41) is 18.9. The van der Waals surface area contributed by atoms with Crippen molar-refractivity contribution in [3.8, 4) is 0 Å². The summed E-state index contributed by atoms with van der Waals surface area (Å²) < 4.78 is 45.3. The molecular weight excluding hydrogens is 597 g/mol. The molecule has 3 aromatic rings. The maximum Gasteiger partial charge on any atom is 0.420 e. The van der Waals surface area contributed by atoms with E-state index in [9.17, 15) is 19.8 Å². The Bertz CT molecular complexity index is 2010. The van der Waals surface area contributed by atoms with Crippen molar-refractivity contribution < 1.29 is 33.0 Å². The van der Waals surface area contributed by atoms with Crippen molar-refractivity contribution in [2.75, 3.05) is 0 Å². The molecule has 0 aliphatic carbocycles. The summed E-state index contributed by atoms with van der Waals surface area (Å²) in [5.41, 5.74) is 7.35. The molecule has 4 N–H and O–H groups in total. The van der Waals surface area contributed by atoms with Crippen LogP contribution in [0.25, 0.3) is 44.4 Å². The number of carboxylic acids is 2. The van der Waals surface area contributed by atoms with Crippen LogP contribution in [0.2, 0.25) is 0 Å². The van der Waals surface area contributed by atoms with Crippen LogP contribution in [0.3, 0.4) is 0 Å². The van der Waals surface area contributed by atoms with E-state index in [1.807, 2.05) is 33.8 Å². The summed E-state index contributed by atoms with van der Waals surface area (Å²) in [7, 11) is 0. The predicted octanol–water partition coefficient (Wildman–Crippen LogP) is 8.67. The Morgan fingerprint density at radius 1 is 0.717 bits per heavy atom. The third-order valence-electron chi connectivity index (χ3n) is 9.10. The lowest BCUT2D eigenvalue weighted by Gasteiger charge is -2.12. The van der Waals surface area contributed by atoms with E-state index in [0.29, 0.717) is 74.3 Å². The van der Waals surface area contributed by atoms with E-state index in [1.165, 1.54) is 0 Å². The number of alkyl halides is 3. The molecule has 5 rings (SSSR count). The van der Waals surface area contributed by atoms with Crippen molar-refractivity contribution in [1.82, 2.24) is 19.9 Å². The molecule has 242 valence electrons. The summed E-state index contributed by atoms with van der Waals surface area (Å²) in [6.07, 6.45) is -3.79. The monoisotopic (exact) mass is 634 g/mol. The Hall–Kier alpha value is -4.67. The first-order chi connectivity index (χ1) is 21.7. The normalized spacial score (nSPS) is 13.6. The van der Waals surface area contributed by atoms with Crippen LogP contribution in [0.1, 0.15) is 104 Å². The highest BCUT2D eigenvalue weighted by atomic mass is 19.4. The van der Waals surface area contributed by atoms with Gasteiger partial charge in [0.2, 0.25) is 0 Å². The molecule has 0 spiro atoms. The number of H-pyrrole nitrogens is 2. The second kappa shape index (κ2) is 12.3. The van der Waals surface area contributed by atoms with Gasteiger partial charge < -0.3 is 20.2 Å². The molecule has 3 aromatic heterocycles. The van der Waals surface area contributed by atoms with E-state index >= 15 is 13.2 Å². The van der Waals surface area contributed by atoms with Crippen LogP contribution in [0.15, 0.2) is 18.2 Å². The fourth-order valence-electron chi connectivity index (χ4n) is 6.61. The van der Waals surface area contributed by atoms with Crippen LogP contribution in [0, 0.1) is 13.8 Å². The molecule has 2 aliphatic rings. The van der Waals surface area contributed by atoms with E-state index in [4.69, 9.17) is 4.98 Å². The van der Waals surface area contributed by atoms with Gasteiger partial charge in [0, 0.05) is 29.4 Å². The largest absolute Gasteiger partial charge is 0.481 e. The fraction of sp³-hybridized carbons (Fsp3) is 0.371. The van der Waals surface area contributed by atoms with Gasteiger partial charge in [-0.25, -0.2) is 9.97 Å². The molecule has 0 aromatic carbocycles. The van der Waals surface area contributed by atoms with E-state index in [2.05, 4.69) is 15.0 Å². The molecular formula is C35H37F3N4O4. The third kappa shape index (κ3) is 5.86. The van der Waals surface area contributed by atoms with Crippen molar-refractivity contribution in [2.45, 2.75) is 86.2 Å². The number of fused-ring (bicyclic) bond motifs is 8. The number of nitrogens with one attached hydrogen (secondary N) is 2.